The van der Waals surface area contributed by atoms with E-state index in [2.05, 4.69) is 38.3 Å². The van der Waals surface area contributed by atoms with E-state index in [9.17, 15) is 13.2 Å². The van der Waals surface area contributed by atoms with Crippen LogP contribution in [0.15, 0.2) is 28.7 Å². The highest BCUT2D eigenvalue weighted by atomic mass is 79.9. The van der Waals surface area contributed by atoms with E-state index in [1.807, 2.05) is 19.2 Å². The van der Waals surface area contributed by atoms with Crippen molar-refractivity contribution in [3.63, 3.8) is 0 Å². The number of hydrogen-bond donors (Lipinski definition) is 1. The van der Waals surface area contributed by atoms with Gasteiger partial charge in [-0.1, -0.05) is 15.9 Å². The van der Waals surface area contributed by atoms with E-state index in [1.54, 1.807) is 4.90 Å². The van der Waals surface area contributed by atoms with Gasteiger partial charge >= 0.3 is 6.03 Å². The molecule has 0 saturated carbocycles. The number of urea groups is 1. The second-order valence-electron chi connectivity index (χ2n) is 7.69. The van der Waals surface area contributed by atoms with Crippen molar-refractivity contribution in [2.75, 3.05) is 44.4 Å². The lowest BCUT2D eigenvalue weighted by Crippen LogP contribution is -2.53. The average molecular weight is 473 g/mol. The van der Waals surface area contributed by atoms with Crippen molar-refractivity contribution in [2.45, 2.75) is 37.8 Å². The molecule has 2 fully saturated rings. The molecule has 2 saturated heterocycles. The number of benzene rings is 1. The minimum atomic E-state index is -3.14. The van der Waals surface area contributed by atoms with Crippen LogP contribution in [0.3, 0.4) is 0 Å². The summed E-state index contributed by atoms with van der Waals surface area (Å²) in [4.78, 5) is 16.7. The fourth-order valence-electron chi connectivity index (χ4n) is 3.94. The maximum absolute atomic E-state index is 12.6. The van der Waals surface area contributed by atoms with Crippen molar-refractivity contribution in [3.05, 3.63) is 28.7 Å². The smallest absolute Gasteiger partial charge is 0.317 e. The Hall–Kier alpha value is -1.32. The number of carbonyl (C=O) groups is 1. The first-order valence-electron chi connectivity index (χ1n) is 9.73. The monoisotopic (exact) mass is 472 g/mol. The van der Waals surface area contributed by atoms with Crippen LogP contribution in [0.2, 0.25) is 0 Å². The van der Waals surface area contributed by atoms with Gasteiger partial charge < -0.3 is 15.1 Å². The van der Waals surface area contributed by atoms with Crippen LogP contribution in [0.1, 0.15) is 25.7 Å². The quantitative estimate of drug-likeness (QED) is 0.730. The van der Waals surface area contributed by atoms with Gasteiger partial charge in [-0.2, -0.15) is 0 Å². The minimum absolute atomic E-state index is 0.0557. The molecule has 2 amide bonds. The summed E-state index contributed by atoms with van der Waals surface area (Å²) in [6, 6.07) is 8.53. The number of rotatable bonds is 4. The predicted molar refractivity (Wildman–Crippen MR) is 115 cm³/mol. The summed E-state index contributed by atoms with van der Waals surface area (Å²) < 4.78 is 25.8. The van der Waals surface area contributed by atoms with Gasteiger partial charge in [0, 0.05) is 55.5 Å². The third-order valence-electron chi connectivity index (χ3n) is 5.77. The van der Waals surface area contributed by atoms with Crippen molar-refractivity contribution in [2.24, 2.45) is 0 Å². The standard InChI is InChI=1S/C19H29BrN4O3S/c1-22(17-9-13-24(14-10-17)28(2,26)27)19(25)21-16-7-11-23(12-8-16)18-5-3-15(20)4-6-18/h3-6,16-17H,7-14H2,1-2H3,(H,21,25). The first-order chi connectivity index (χ1) is 13.2. The highest BCUT2D eigenvalue weighted by molar-refractivity contribution is 9.10. The van der Waals surface area contributed by atoms with Crippen LogP contribution in [0.4, 0.5) is 10.5 Å². The Balaban J connectivity index is 1.44. The fourth-order valence-corrected chi connectivity index (χ4v) is 5.08. The molecule has 1 N–H and O–H groups in total. The molecule has 2 heterocycles. The molecular weight excluding hydrogens is 444 g/mol. The van der Waals surface area contributed by atoms with Crippen LogP contribution in [-0.2, 0) is 10.0 Å². The van der Waals surface area contributed by atoms with E-state index in [4.69, 9.17) is 0 Å². The summed E-state index contributed by atoms with van der Waals surface area (Å²) in [5.41, 5.74) is 1.21. The lowest BCUT2D eigenvalue weighted by molar-refractivity contribution is 0.159. The Bertz CT molecular complexity index is 771. The molecule has 9 heteroatoms. The molecule has 0 aromatic heterocycles. The number of nitrogens with zero attached hydrogens (tertiary/aromatic N) is 3. The topological polar surface area (TPSA) is 73.0 Å². The fraction of sp³-hybridized carbons (Fsp3) is 0.632. The maximum Gasteiger partial charge on any atom is 0.317 e. The third kappa shape index (κ3) is 5.39. The molecule has 1 aromatic carbocycles. The molecule has 0 radical (unpaired) electrons. The lowest BCUT2D eigenvalue weighted by Gasteiger charge is -2.38. The van der Waals surface area contributed by atoms with Gasteiger partial charge in [0.2, 0.25) is 10.0 Å². The number of halogens is 1. The average Bonchev–Trinajstić information content (AvgIpc) is 2.68. The number of sulfonamides is 1. The molecule has 7 nitrogen and oxygen atoms in total. The zero-order valence-electron chi connectivity index (χ0n) is 16.5. The molecule has 0 unspecified atom stereocenters. The molecule has 0 bridgehead atoms. The van der Waals surface area contributed by atoms with Gasteiger partial charge in [-0.05, 0) is 49.9 Å². The highest BCUT2D eigenvalue weighted by Crippen LogP contribution is 2.23. The Kier molecular flexibility index (Phi) is 6.88. The maximum atomic E-state index is 12.6. The minimum Gasteiger partial charge on any atom is -0.371 e. The van der Waals surface area contributed by atoms with Crippen LogP contribution >= 0.6 is 15.9 Å². The van der Waals surface area contributed by atoms with Crippen molar-refractivity contribution in [1.82, 2.24) is 14.5 Å². The predicted octanol–water partition coefficient (Wildman–Crippen LogP) is 2.48. The SMILES string of the molecule is CN(C(=O)NC1CCN(c2ccc(Br)cc2)CC1)C1CCN(S(C)(=O)=O)CC1. The van der Waals surface area contributed by atoms with Gasteiger partial charge in [0.15, 0.2) is 0 Å². The van der Waals surface area contributed by atoms with Gasteiger partial charge in [-0.15, -0.1) is 0 Å². The normalized spacial score (nSPS) is 20.2. The van der Waals surface area contributed by atoms with Crippen LogP contribution < -0.4 is 10.2 Å². The number of anilines is 1. The molecule has 0 atom stereocenters. The zero-order valence-corrected chi connectivity index (χ0v) is 18.9. The number of piperidine rings is 2. The van der Waals surface area contributed by atoms with E-state index in [1.165, 1.54) is 16.2 Å². The first kappa shape index (κ1) is 21.4. The van der Waals surface area contributed by atoms with E-state index in [0.29, 0.717) is 25.9 Å². The molecule has 3 rings (SSSR count). The van der Waals surface area contributed by atoms with Crippen LogP contribution in [-0.4, -0.2) is 75.2 Å². The van der Waals surface area contributed by atoms with Crippen LogP contribution in [0.25, 0.3) is 0 Å². The van der Waals surface area contributed by atoms with Gasteiger partial charge in [0.25, 0.3) is 0 Å². The van der Waals surface area contributed by atoms with Crippen molar-refractivity contribution >= 4 is 37.7 Å². The number of carbonyl (C=O) groups excluding carboxylic acids is 1. The summed E-state index contributed by atoms with van der Waals surface area (Å²) in [6.45, 7) is 2.80. The Labute approximate surface area is 176 Å². The summed E-state index contributed by atoms with van der Waals surface area (Å²) in [5.74, 6) is 0. The lowest BCUT2D eigenvalue weighted by atomic mass is 10.0. The zero-order chi connectivity index (χ0) is 20.3. The summed E-state index contributed by atoms with van der Waals surface area (Å²) in [7, 11) is -1.33. The van der Waals surface area contributed by atoms with E-state index < -0.39 is 10.0 Å². The Morgan fingerprint density at radius 2 is 1.64 bits per heavy atom. The third-order valence-corrected chi connectivity index (χ3v) is 7.61. The molecular formula is C19H29BrN4O3S. The highest BCUT2D eigenvalue weighted by Gasteiger charge is 2.30. The molecule has 0 spiro atoms. The van der Waals surface area contributed by atoms with E-state index in [0.717, 1.165) is 30.4 Å². The van der Waals surface area contributed by atoms with Crippen LogP contribution in [0, 0.1) is 0 Å². The summed E-state index contributed by atoms with van der Waals surface area (Å²) >= 11 is 3.46. The summed E-state index contributed by atoms with van der Waals surface area (Å²) in [6.07, 6.45) is 4.44. The Morgan fingerprint density at radius 3 is 2.18 bits per heavy atom. The van der Waals surface area contributed by atoms with Crippen molar-refractivity contribution < 1.29 is 13.2 Å². The van der Waals surface area contributed by atoms with E-state index >= 15 is 0 Å². The van der Waals surface area contributed by atoms with Crippen molar-refractivity contribution in [3.8, 4) is 0 Å². The second kappa shape index (κ2) is 9.00. The first-order valence-corrected chi connectivity index (χ1v) is 12.4. The van der Waals surface area contributed by atoms with Gasteiger partial charge in [0.05, 0.1) is 6.26 Å². The molecule has 2 aliphatic heterocycles. The largest absolute Gasteiger partial charge is 0.371 e. The van der Waals surface area contributed by atoms with Gasteiger partial charge in [-0.25, -0.2) is 17.5 Å². The number of nitrogens with one attached hydrogen (secondary N) is 1. The molecule has 28 heavy (non-hydrogen) atoms. The van der Waals surface area contributed by atoms with Crippen LogP contribution in [0.5, 0.6) is 0 Å². The Morgan fingerprint density at radius 1 is 1.07 bits per heavy atom. The summed E-state index contributed by atoms with van der Waals surface area (Å²) in [5, 5.41) is 3.16. The molecule has 156 valence electrons. The molecule has 1 aromatic rings. The molecule has 2 aliphatic rings. The second-order valence-corrected chi connectivity index (χ2v) is 10.6. The number of amides is 2. The van der Waals surface area contributed by atoms with Crippen molar-refractivity contribution in [1.29, 1.82) is 0 Å². The van der Waals surface area contributed by atoms with Gasteiger partial charge in [-0.3, -0.25) is 0 Å². The molecule has 0 aliphatic carbocycles. The van der Waals surface area contributed by atoms with E-state index in [-0.39, 0.29) is 18.1 Å². The van der Waals surface area contributed by atoms with Gasteiger partial charge in [0.1, 0.15) is 0 Å². The number of hydrogen-bond acceptors (Lipinski definition) is 4.